The summed E-state index contributed by atoms with van der Waals surface area (Å²) in [6.45, 7) is 14.7. The summed E-state index contributed by atoms with van der Waals surface area (Å²) < 4.78 is 22.4. The SMILES string of the molecule is CCC(C)N[C@@](Cc1ccc(OC(=O)C(C)C(C)C)c(OC(=O)C(C)C(C)C)c1)(OC(=O)OC1CCCCC1)C(=O)O. The lowest BCUT2D eigenvalue weighted by Crippen LogP contribution is -2.59. The first-order valence-corrected chi connectivity index (χ1v) is 15.2. The minimum Gasteiger partial charge on any atom is -0.477 e. The van der Waals surface area contributed by atoms with Crippen LogP contribution in [0.25, 0.3) is 0 Å². The second-order valence-corrected chi connectivity index (χ2v) is 12.2. The van der Waals surface area contributed by atoms with E-state index in [1.807, 2.05) is 34.6 Å². The molecule has 0 bridgehead atoms. The predicted molar refractivity (Wildman–Crippen MR) is 157 cm³/mol. The molecule has 10 heteroatoms. The number of ether oxygens (including phenoxy) is 4. The minimum absolute atomic E-state index is 0.00406. The summed E-state index contributed by atoms with van der Waals surface area (Å²) in [5, 5.41) is 13.3. The van der Waals surface area contributed by atoms with E-state index in [0.717, 1.165) is 19.3 Å². The van der Waals surface area contributed by atoms with Crippen LogP contribution >= 0.6 is 0 Å². The number of esters is 2. The number of carboxylic acid groups (broad SMARTS) is 1. The molecule has 0 aromatic heterocycles. The zero-order valence-corrected chi connectivity index (χ0v) is 26.4. The molecule has 0 amide bonds. The van der Waals surface area contributed by atoms with Crippen LogP contribution < -0.4 is 14.8 Å². The molecule has 10 nitrogen and oxygen atoms in total. The molecule has 1 aliphatic rings. The van der Waals surface area contributed by atoms with E-state index in [9.17, 15) is 24.3 Å². The Balaban J connectivity index is 2.46. The summed E-state index contributed by atoms with van der Waals surface area (Å²) in [5.74, 6) is -3.24. The molecule has 3 unspecified atom stereocenters. The number of hydrogen-bond donors (Lipinski definition) is 2. The molecule has 0 spiro atoms. The lowest BCUT2D eigenvalue weighted by Gasteiger charge is -2.33. The van der Waals surface area contributed by atoms with Crippen molar-refractivity contribution in [2.24, 2.45) is 23.7 Å². The summed E-state index contributed by atoms with van der Waals surface area (Å²) in [5.41, 5.74) is -1.80. The third-order valence-corrected chi connectivity index (χ3v) is 8.14. The van der Waals surface area contributed by atoms with Crippen molar-refractivity contribution in [2.75, 3.05) is 0 Å². The topological polar surface area (TPSA) is 137 Å². The third-order valence-electron chi connectivity index (χ3n) is 8.14. The summed E-state index contributed by atoms with van der Waals surface area (Å²) in [4.78, 5) is 51.3. The molecule has 1 aliphatic carbocycles. The Kier molecular flexibility index (Phi) is 13.3. The van der Waals surface area contributed by atoms with Crippen molar-refractivity contribution in [3.05, 3.63) is 23.8 Å². The van der Waals surface area contributed by atoms with Crippen LogP contribution in [0.3, 0.4) is 0 Å². The Bertz CT molecular complexity index is 1080. The molecule has 2 rings (SSSR count). The number of carbonyl (C=O) groups is 4. The van der Waals surface area contributed by atoms with Crippen molar-refractivity contribution < 1.29 is 43.2 Å². The summed E-state index contributed by atoms with van der Waals surface area (Å²) in [6.07, 6.45) is 3.19. The second kappa shape index (κ2) is 15.9. The normalized spacial score (nSPS) is 17.6. The average Bonchev–Trinajstić information content (AvgIpc) is 2.93. The summed E-state index contributed by atoms with van der Waals surface area (Å²) in [7, 11) is 0. The maximum atomic E-state index is 12.9. The lowest BCUT2D eigenvalue weighted by molar-refractivity contribution is -0.168. The van der Waals surface area contributed by atoms with Crippen LogP contribution in [0, 0.1) is 23.7 Å². The average molecular weight is 592 g/mol. The van der Waals surface area contributed by atoms with E-state index in [1.54, 1.807) is 26.8 Å². The van der Waals surface area contributed by atoms with Crippen LogP contribution in [0.5, 0.6) is 11.5 Å². The van der Waals surface area contributed by atoms with E-state index >= 15 is 0 Å². The van der Waals surface area contributed by atoms with Crippen molar-refractivity contribution in [2.45, 2.75) is 118 Å². The zero-order chi connectivity index (χ0) is 31.6. The van der Waals surface area contributed by atoms with Gasteiger partial charge >= 0.3 is 24.1 Å². The molecule has 1 saturated carbocycles. The fourth-order valence-electron chi connectivity index (χ4n) is 4.34. The Morgan fingerprint density at radius 2 is 1.43 bits per heavy atom. The van der Waals surface area contributed by atoms with E-state index < -0.39 is 41.6 Å². The Hall–Kier alpha value is -3.14. The lowest BCUT2D eigenvalue weighted by atomic mass is 9.98. The van der Waals surface area contributed by atoms with Gasteiger partial charge < -0.3 is 24.1 Å². The van der Waals surface area contributed by atoms with Gasteiger partial charge in [-0.25, -0.2) is 9.59 Å². The van der Waals surface area contributed by atoms with Crippen LogP contribution in [0.15, 0.2) is 18.2 Å². The third kappa shape index (κ3) is 10.00. The van der Waals surface area contributed by atoms with Gasteiger partial charge in [-0.3, -0.25) is 14.9 Å². The first kappa shape index (κ1) is 35.1. The molecule has 0 heterocycles. The van der Waals surface area contributed by atoms with Crippen molar-refractivity contribution in [1.82, 2.24) is 5.32 Å². The standard InChI is InChI=1S/C32H49NO9/c1-9-21(6)33-32(30(36)37,42-31(38)39-25-13-11-10-12-14-25)18-24-15-16-26(40-28(34)22(7)19(2)3)27(17-24)41-29(35)23(8)20(4)5/h15-17,19-23,25,33H,9-14,18H2,1-8H3,(H,36,37)/t21?,22?,23?,32-/m0/s1. The number of benzene rings is 1. The van der Waals surface area contributed by atoms with Gasteiger partial charge in [0.25, 0.3) is 5.72 Å². The molecule has 236 valence electrons. The smallest absolute Gasteiger partial charge is 0.477 e. The highest BCUT2D eigenvalue weighted by Gasteiger charge is 2.45. The summed E-state index contributed by atoms with van der Waals surface area (Å²) in [6, 6.07) is 4.13. The van der Waals surface area contributed by atoms with Crippen LogP contribution in [0.2, 0.25) is 0 Å². The number of hydrogen-bond acceptors (Lipinski definition) is 9. The minimum atomic E-state index is -2.17. The van der Waals surface area contributed by atoms with Crippen LogP contribution in [-0.4, -0.2) is 47.0 Å². The van der Waals surface area contributed by atoms with Gasteiger partial charge in [0, 0.05) is 12.5 Å². The number of aliphatic carboxylic acids is 1. The highest BCUT2D eigenvalue weighted by molar-refractivity contribution is 5.81. The van der Waals surface area contributed by atoms with Gasteiger partial charge in [-0.05, 0) is 68.6 Å². The van der Waals surface area contributed by atoms with Gasteiger partial charge in [0.15, 0.2) is 11.5 Å². The fourth-order valence-corrected chi connectivity index (χ4v) is 4.34. The molecule has 4 atom stereocenters. The van der Waals surface area contributed by atoms with Crippen LogP contribution in [0.1, 0.15) is 99.5 Å². The fraction of sp³-hybridized carbons (Fsp3) is 0.688. The number of rotatable bonds is 14. The van der Waals surface area contributed by atoms with E-state index in [4.69, 9.17) is 18.9 Å². The number of carbonyl (C=O) groups excluding carboxylic acids is 3. The predicted octanol–water partition coefficient (Wildman–Crippen LogP) is 6.28. The molecule has 1 aromatic rings. The second-order valence-electron chi connectivity index (χ2n) is 12.2. The summed E-state index contributed by atoms with van der Waals surface area (Å²) >= 11 is 0. The van der Waals surface area contributed by atoms with Gasteiger partial charge in [0.05, 0.1) is 11.8 Å². The quantitative estimate of drug-likeness (QED) is 0.144. The van der Waals surface area contributed by atoms with Gasteiger partial charge in [-0.1, -0.05) is 61.0 Å². The maximum Gasteiger partial charge on any atom is 0.510 e. The van der Waals surface area contributed by atoms with Gasteiger partial charge in [0.1, 0.15) is 6.10 Å². The van der Waals surface area contributed by atoms with E-state index in [2.05, 4.69) is 5.32 Å². The maximum absolute atomic E-state index is 12.9. The van der Waals surface area contributed by atoms with Crippen molar-refractivity contribution in [1.29, 1.82) is 0 Å². The van der Waals surface area contributed by atoms with Crippen LogP contribution in [0.4, 0.5) is 4.79 Å². The first-order chi connectivity index (χ1) is 19.7. The molecular weight excluding hydrogens is 542 g/mol. The Labute approximate surface area is 249 Å². The Morgan fingerprint density at radius 3 is 1.93 bits per heavy atom. The molecule has 0 radical (unpaired) electrons. The van der Waals surface area contributed by atoms with Gasteiger partial charge in [-0.15, -0.1) is 0 Å². The van der Waals surface area contributed by atoms with E-state index in [0.29, 0.717) is 24.8 Å². The molecule has 0 aliphatic heterocycles. The molecule has 42 heavy (non-hydrogen) atoms. The monoisotopic (exact) mass is 591 g/mol. The molecule has 1 aromatic carbocycles. The largest absolute Gasteiger partial charge is 0.510 e. The highest BCUT2D eigenvalue weighted by Crippen LogP contribution is 2.33. The van der Waals surface area contributed by atoms with E-state index in [-0.39, 0.29) is 41.9 Å². The van der Waals surface area contributed by atoms with Gasteiger partial charge in [0.2, 0.25) is 0 Å². The molecule has 1 fully saturated rings. The van der Waals surface area contributed by atoms with Crippen molar-refractivity contribution in [3.63, 3.8) is 0 Å². The van der Waals surface area contributed by atoms with E-state index in [1.165, 1.54) is 12.1 Å². The van der Waals surface area contributed by atoms with Crippen molar-refractivity contribution in [3.8, 4) is 11.5 Å². The zero-order valence-electron chi connectivity index (χ0n) is 26.4. The number of carboxylic acids is 1. The van der Waals surface area contributed by atoms with Crippen molar-refractivity contribution >= 4 is 24.1 Å². The molecule has 2 N–H and O–H groups in total. The highest BCUT2D eigenvalue weighted by atomic mass is 16.7. The Morgan fingerprint density at radius 1 is 0.881 bits per heavy atom. The first-order valence-electron chi connectivity index (χ1n) is 15.2. The van der Waals surface area contributed by atoms with Crippen LogP contribution in [-0.2, 0) is 30.3 Å². The molecule has 0 saturated heterocycles. The molecular formula is C32H49NO9. The number of nitrogens with one attached hydrogen (secondary N) is 1. The van der Waals surface area contributed by atoms with Gasteiger partial charge in [-0.2, -0.15) is 0 Å².